The second kappa shape index (κ2) is 10.0. The molecule has 1 aliphatic heterocycles. The molecule has 156 valence electrons. The van der Waals surface area contributed by atoms with Crippen LogP contribution in [0.3, 0.4) is 0 Å². The smallest absolute Gasteiger partial charge is 0.223 e. The van der Waals surface area contributed by atoms with Crippen molar-refractivity contribution in [1.82, 2.24) is 9.62 Å². The molecule has 2 aromatic carbocycles. The summed E-state index contributed by atoms with van der Waals surface area (Å²) in [6.07, 6.45) is 2.52. The number of nitrogens with one attached hydrogen (secondary N) is 1. The number of carbonyl (C=O) groups excluding carboxylic acids is 1. The van der Waals surface area contributed by atoms with Crippen LogP contribution in [-0.2, 0) is 21.2 Å². The summed E-state index contributed by atoms with van der Waals surface area (Å²) in [5.74, 6) is 0.0449. The van der Waals surface area contributed by atoms with Crippen LogP contribution in [0.25, 0.3) is 0 Å². The fraction of sp³-hybridized carbons (Fsp3) is 0.435. The van der Waals surface area contributed by atoms with E-state index in [2.05, 4.69) is 5.32 Å². The summed E-state index contributed by atoms with van der Waals surface area (Å²) in [7, 11) is -3.27. The molecule has 0 bridgehead atoms. The van der Waals surface area contributed by atoms with Gasteiger partial charge in [0.1, 0.15) is 0 Å². The highest BCUT2D eigenvalue weighted by Crippen LogP contribution is 2.22. The van der Waals surface area contributed by atoms with Crippen LogP contribution in [0, 0.1) is 5.92 Å². The minimum absolute atomic E-state index is 0.0162. The fourth-order valence-electron chi connectivity index (χ4n) is 3.78. The van der Waals surface area contributed by atoms with E-state index in [1.54, 1.807) is 4.31 Å². The lowest BCUT2D eigenvalue weighted by molar-refractivity contribution is -0.126. The van der Waals surface area contributed by atoms with E-state index in [0.717, 1.165) is 17.5 Å². The van der Waals surface area contributed by atoms with Crippen molar-refractivity contribution >= 4 is 15.9 Å². The van der Waals surface area contributed by atoms with Gasteiger partial charge in [0.05, 0.1) is 11.8 Å². The molecule has 1 aliphatic rings. The lowest BCUT2D eigenvalue weighted by Gasteiger charge is -2.31. The number of piperidine rings is 1. The summed E-state index contributed by atoms with van der Waals surface area (Å²) < 4.78 is 26.8. The van der Waals surface area contributed by atoms with Gasteiger partial charge in [-0.15, -0.1) is 0 Å². The van der Waals surface area contributed by atoms with Gasteiger partial charge in [0.15, 0.2) is 0 Å². The number of benzene rings is 2. The van der Waals surface area contributed by atoms with Gasteiger partial charge in [-0.1, -0.05) is 60.7 Å². The molecule has 1 saturated heterocycles. The zero-order valence-corrected chi connectivity index (χ0v) is 17.8. The molecule has 0 spiro atoms. The Hall–Kier alpha value is -2.18. The van der Waals surface area contributed by atoms with Gasteiger partial charge >= 0.3 is 0 Å². The SMILES string of the molecule is C[C@@H](NC(=O)C1CCN(S(=O)(=O)CCCc2ccccc2)CC1)c1ccccc1. The van der Waals surface area contributed by atoms with Gasteiger partial charge in [-0.3, -0.25) is 4.79 Å². The Morgan fingerprint density at radius 3 is 2.24 bits per heavy atom. The molecular formula is C23H30N2O3S. The molecular weight excluding hydrogens is 384 g/mol. The van der Waals surface area contributed by atoms with E-state index in [-0.39, 0.29) is 23.6 Å². The van der Waals surface area contributed by atoms with Gasteiger partial charge in [-0.25, -0.2) is 12.7 Å². The van der Waals surface area contributed by atoms with Gasteiger partial charge in [0.2, 0.25) is 15.9 Å². The predicted octanol–water partition coefficient (Wildman–Crippen LogP) is 3.54. The molecule has 0 aromatic heterocycles. The molecule has 0 aliphatic carbocycles. The molecule has 1 atom stereocenters. The molecule has 0 saturated carbocycles. The van der Waals surface area contributed by atoms with Crippen molar-refractivity contribution in [2.24, 2.45) is 5.92 Å². The molecule has 6 heteroatoms. The summed E-state index contributed by atoms with van der Waals surface area (Å²) in [5.41, 5.74) is 2.23. The van der Waals surface area contributed by atoms with Crippen LogP contribution in [0.1, 0.15) is 43.4 Å². The first-order chi connectivity index (χ1) is 14.0. The maximum absolute atomic E-state index is 12.6. The van der Waals surface area contributed by atoms with Crippen molar-refractivity contribution in [1.29, 1.82) is 0 Å². The maximum Gasteiger partial charge on any atom is 0.223 e. The molecule has 1 fully saturated rings. The quantitative estimate of drug-likeness (QED) is 0.718. The molecule has 1 amide bonds. The van der Waals surface area contributed by atoms with Gasteiger partial charge in [0, 0.05) is 19.0 Å². The summed E-state index contributed by atoms with van der Waals surface area (Å²) in [6, 6.07) is 19.7. The number of sulfonamides is 1. The molecule has 29 heavy (non-hydrogen) atoms. The Morgan fingerprint density at radius 1 is 1.03 bits per heavy atom. The zero-order chi connectivity index (χ0) is 20.7. The number of rotatable bonds is 8. The number of hydrogen-bond donors (Lipinski definition) is 1. The lowest BCUT2D eigenvalue weighted by Crippen LogP contribution is -2.44. The number of aryl methyl sites for hydroxylation is 1. The minimum atomic E-state index is -3.27. The maximum atomic E-state index is 12.6. The van der Waals surface area contributed by atoms with Crippen LogP contribution >= 0.6 is 0 Å². The van der Waals surface area contributed by atoms with E-state index in [9.17, 15) is 13.2 Å². The molecule has 1 N–H and O–H groups in total. The lowest BCUT2D eigenvalue weighted by atomic mass is 9.96. The van der Waals surface area contributed by atoms with Crippen molar-refractivity contribution < 1.29 is 13.2 Å². The minimum Gasteiger partial charge on any atom is -0.349 e. The van der Waals surface area contributed by atoms with Gasteiger partial charge in [-0.2, -0.15) is 0 Å². The first-order valence-electron chi connectivity index (χ1n) is 10.3. The van der Waals surface area contributed by atoms with Gasteiger partial charge in [0.25, 0.3) is 0 Å². The Morgan fingerprint density at radius 2 is 1.62 bits per heavy atom. The van der Waals surface area contributed by atoms with E-state index >= 15 is 0 Å². The van der Waals surface area contributed by atoms with E-state index in [4.69, 9.17) is 0 Å². The number of nitrogens with zero attached hydrogens (tertiary/aromatic N) is 1. The summed E-state index contributed by atoms with van der Waals surface area (Å²) in [6.45, 7) is 2.82. The first kappa shape index (κ1) is 21.5. The highest BCUT2D eigenvalue weighted by Gasteiger charge is 2.31. The Kier molecular flexibility index (Phi) is 7.45. The van der Waals surface area contributed by atoms with Crippen molar-refractivity contribution in [3.05, 3.63) is 71.8 Å². The van der Waals surface area contributed by atoms with E-state index in [1.807, 2.05) is 67.6 Å². The van der Waals surface area contributed by atoms with Crippen molar-refractivity contribution in [3.8, 4) is 0 Å². The largest absolute Gasteiger partial charge is 0.349 e. The summed E-state index contributed by atoms with van der Waals surface area (Å²) in [5, 5.41) is 3.07. The fourth-order valence-corrected chi connectivity index (χ4v) is 5.32. The van der Waals surface area contributed by atoms with Gasteiger partial charge in [-0.05, 0) is 43.7 Å². The average Bonchev–Trinajstić information content (AvgIpc) is 2.75. The monoisotopic (exact) mass is 414 g/mol. The van der Waals surface area contributed by atoms with E-state index in [0.29, 0.717) is 32.4 Å². The zero-order valence-electron chi connectivity index (χ0n) is 17.0. The third kappa shape index (κ3) is 6.15. The highest BCUT2D eigenvalue weighted by atomic mass is 32.2. The number of carbonyl (C=O) groups is 1. The highest BCUT2D eigenvalue weighted by molar-refractivity contribution is 7.89. The van der Waals surface area contributed by atoms with Crippen molar-refractivity contribution in [2.45, 2.75) is 38.6 Å². The molecule has 2 aromatic rings. The normalized spacial score (nSPS) is 17.0. The van der Waals surface area contributed by atoms with Crippen LogP contribution in [0.4, 0.5) is 0 Å². The van der Waals surface area contributed by atoms with Crippen LogP contribution in [-0.4, -0.2) is 37.5 Å². The standard InChI is InChI=1S/C23H30N2O3S/c1-19(21-12-6-3-7-13-21)24-23(26)22-14-16-25(17-15-22)29(27,28)18-8-11-20-9-4-2-5-10-20/h2-7,9-10,12-13,19,22H,8,11,14-18H2,1H3,(H,24,26)/t19-/m1/s1. The van der Waals surface area contributed by atoms with Crippen molar-refractivity contribution in [2.75, 3.05) is 18.8 Å². The van der Waals surface area contributed by atoms with Crippen LogP contribution in [0.5, 0.6) is 0 Å². The van der Waals surface area contributed by atoms with Crippen molar-refractivity contribution in [3.63, 3.8) is 0 Å². The number of amides is 1. The Balaban J connectivity index is 1.44. The predicted molar refractivity (Wildman–Crippen MR) is 116 cm³/mol. The molecule has 0 radical (unpaired) electrons. The second-order valence-electron chi connectivity index (χ2n) is 7.72. The topological polar surface area (TPSA) is 66.5 Å². The number of hydrogen-bond acceptors (Lipinski definition) is 3. The molecule has 3 rings (SSSR count). The molecule has 5 nitrogen and oxygen atoms in total. The summed E-state index contributed by atoms with van der Waals surface area (Å²) >= 11 is 0. The van der Waals surface area contributed by atoms with Gasteiger partial charge < -0.3 is 5.32 Å². The van der Waals surface area contributed by atoms with E-state index in [1.165, 1.54) is 0 Å². The third-order valence-corrected chi connectivity index (χ3v) is 7.54. The third-order valence-electron chi connectivity index (χ3n) is 5.59. The Labute approximate surface area is 174 Å². The van der Waals surface area contributed by atoms with Crippen LogP contribution in [0.2, 0.25) is 0 Å². The molecule has 0 unspecified atom stereocenters. The van der Waals surface area contributed by atoms with Crippen LogP contribution < -0.4 is 5.32 Å². The second-order valence-corrected chi connectivity index (χ2v) is 9.81. The van der Waals surface area contributed by atoms with Crippen LogP contribution in [0.15, 0.2) is 60.7 Å². The van der Waals surface area contributed by atoms with E-state index < -0.39 is 10.0 Å². The summed E-state index contributed by atoms with van der Waals surface area (Å²) in [4.78, 5) is 12.6. The first-order valence-corrected chi connectivity index (χ1v) is 11.9. The average molecular weight is 415 g/mol. The molecule has 1 heterocycles. The Bertz CT molecular complexity index is 877.